The van der Waals surface area contributed by atoms with Crippen LogP contribution in [0.25, 0.3) is 10.8 Å². The first kappa shape index (κ1) is 19.4. The Hall–Kier alpha value is -2.61. The van der Waals surface area contributed by atoms with Gasteiger partial charge in [0.2, 0.25) is 0 Å². The highest BCUT2D eigenvalue weighted by Gasteiger charge is 2.58. The number of pyridine rings is 1. The van der Waals surface area contributed by atoms with Crippen LogP contribution in [-0.2, 0) is 23.6 Å². The van der Waals surface area contributed by atoms with Gasteiger partial charge in [-0.1, -0.05) is 17.3 Å². The van der Waals surface area contributed by atoms with Crippen molar-refractivity contribution in [3.63, 3.8) is 0 Å². The van der Waals surface area contributed by atoms with Crippen molar-refractivity contribution in [1.29, 1.82) is 0 Å². The Morgan fingerprint density at radius 2 is 1.93 bits per heavy atom. The fraction of sp³-hybridized carbons (Fsp3) is 0.455. The molecule has 0 spiro atoms. The molecular formula is C22H25N5O2S. The zero-order chi connectivity index (χ0) is 21.3. The normalized spacial score (nSPS) is 24.4. The second-order valence-electron chi connectivity index (χ2n) is 9.55. The number of aromatic nitrogens is 4. The maximum absolute atomic E-state index is 13.0. The fourth-order valence-corrected chi connectivity index (χ4v) is 4.98. The van der Waals surface area contributed by atoms with Crippen LogP contribution in [0.3, 0.4) is 0 Å². The van der Waals surface area contributed by atoms with E-state index in [1.54, 1.807) is 23.9 Å². The lowest BCUT2D eigenvalue weighted by Crippen LogP contribution is -2.59. The summed E-state index contributed by atoms with van der Waals surface area (Å²) in [7, 11) is 0.246. The van der Waals surface area contributed by atoms with E-state index in [1.807, 2.05) is 49.8 Å². The molecule has 3 aromatic rings. The molecule has 1 aromatic carbocycles. The van der Waals surface area contributed by atoms with Gasteiger partial charge in [-0.15, -0.1) is 5.10 Å². The summed E-state index contributed by atoms with van der Waals surface area (Å²) in [6, 6.07) is 7.44. The Balaban J connectivity index is 1.69. The van der Waals surface area contributed by atoms with Gasteiger partial charge in [0.25, 0.3) is 5.56 Å². The molecule has 3 saturated carbocycles. The Bertz CT molecular complexity index is 1260. The molecule has 0 N–H and O–H groups in total. The third-order valence-electron chi connectivity index (χ3n) is 6.30. The maximum atomic E-state index is 13.0. The van der Waals surface area contributed by atoms with Crippen LogP contribution in [0.4, 0.5) is 0 Å². The zero-order valence-corrected chi connectivity index (χ0v) is 18.4. The molecule has 8 heteroatoms. The summed E-state index contributed by atoms with van der Waals surface area (Å²) in [5.74, 6) is 0.827. The standard InChI is InChI=1S/C22H25N5O2S/c1-21(2,3)30(29)24-19(18-13-27(25-23-18)22-10-14(11-22)12-22)16-6-5-7-17-15(16)8-9-26(4)20(17)28/h5-9,13-14H,10-12H2,1-4H3/t14?,22?,30-/m0/s1. The first-order valence-corrected chi connectivity index (χ1v) is 11.3. The minimum Gasteiger partial charge on any atom is -0.318 e. The van der Waals surface area contributed by atoms with Crippen LogP contribution in [0.15, 0.2) is 45.9 Å². The van der Waals surface area contributed by atoms with Gasteiger partial charge in [0, 0.05) is 24.2 Å². The lowest BCUT2D eigenvalue weighted by atomic mass is 9.50. The second-order valence-corrected chi connectivity index (χ2v) is 11.5. The molecule has 3 aliphatic carbocycles. The molecule has 1 atom stereocenters. The van der Waals surface area contributed by atoms with Crippen LogP contribution in [0.2, 0.25) is 0 Å². The predicted molar refractivity (Wildman–Crippen MR) is 118 cm³/mol. The second kappa shape index (κ2) is 6.44. The fourth-order valence-electron chi connectivity index (χ4n) is 4.35. The van der Waals surface area contributed by atoms with Crippen molar-refractivity contribution in [2.24, 2.45) is 17.4 Å². The molecule has 0 radical (unpaired) electrons. The number of hydrogen-bond acceptors (Lipinski definition) is 4. The molecule has 2 bridgehead atoms. The van der Waals surface area contributed by atoms with E-state index in [-0.39, 0.29) is 11.1 Å². The van der Waals surface area contributed by atoms with Gasteiger partial charge in [0.05, 0.1) is 16.5 Å². The lowest BCUT2D eigenvalue weighted by molar-refractivity contribution is -0.0988. The Labute approximate surface area is 177 Å². The topological polar surface area (TPSA) is 82.1 Å². The van der Waals surface area contributed by atoms with Gasteiger partial charge in [-0.2, -0.15) is 4.40 Å². The number of fused-ring (bicyclic) bond motifs is 1. The highest BCUT2D eigenvalue weighted by molar-refractivity contribution is 7.85. The van der Waals surface area contributed by atoms with E-state index in [4.69, 9.17) is 0 Å². The van der Waals surface area contributed by atoms with E-state index in [9.17, 15) is 9.00 Å². The Kier molecular flexibility index (Phi) is 4.16. The van der Waals surface area contributed by atoms with Gasteiger partial charge in [-0.25, -0.2) is 8.89 Å². The van der Waals surface area contributed by atoms with E-state index in [2.05, 4.69) is 14.7 Å². The summed E-state index contributed by atoms with van der Waals surface area (Å²) in [5.41, 5.74) is 1.87. The molecule has 3 fully saturated rings. The van der Waals surface area contributed by atoms with Crippen molar-refractivity contribution in [2.75, 3.05) is 0 Å². The van der Waals surface area contributed by atoms with E-state index in [0.717, 1.165) is 36.1 Å². The van der Waals surface area contributed by atoms with Crippen LogP contribution in [0.5, 0.6) is 0 Å². The number of nitrogens with zero attached hydrogens (tertiary/aromatic N) is 5. The van der Waals surface area contributed by atoms with E-state index in [0.29, 0.717) is 16.8 Å². The van der Waals surface area contributed by atoms with Crippen molar-refractivity contribution in [1.82, 2.24) is 19.6 Å². The third kappa shape index (κ3) is 2.88. The molecule has 7 nitrogen and oxygen atoms in total. The molecule has 2 aromatic heterocycles. The minimum atomic E-state index is -1.48. The quantitative estimate of drug-likeness (QED) is 0.604. The van der Waals surface area contributed by atoms with Crippen LogP contribution >= 0.6 is 0 Å². The van der Waals surface area contributed by atoms with Crippen molar-refractivity contribution in [3.8, 4) is 0 Å². The van der Waals surface area contributed by atoms with Gasteiger partial charge in [-0.05, 0) is 63.5 Å². The van der Waals surface area contributed by atoms with Crippen LogP contribution in [0, 0.1) is 5.92 Å². The molecule has 3 aliphatic rings. The van der Waals surface area contributed by atoms with Gasteiger partial charge in [0.1, 0.15) is 22.4 Å². The summed E-state index contributed by atoms with van der Waals surface area (Å²) < 4.78 is 20.6. The van der Waals surface area contributed by atoms with Crippen LogP contribution in [-0.4, -0.2) is 34.2 Å². The summed E-state index contributed by atoms with van der Waals surface area (Å²) >= 11 is 0. The van der Waals surface area contributed by atoms with Crippen molar-refractivity contribution >= 4 is 27.5 Å². The monoisotopic (exact) mass is 423 g/mol. The van der Waals surface area contributed by atoms with E-state index < -0.39 is 15.7 Å². The van der Waals surface area contributed by atoms with Crippen LogP contribution in [0.1, 0.15) is 51.3 Å². The third-order valence-corrected chi connectivity index (χ3v) is 7.70. The average molecular weight is 424 g/mol. The van der Waals surface area contributed by atoms with Crippen LogP contribution < -0.4 is 5.56 Å². The van der Waals surface area contributed by atoms with Gasteiger partial charge in [-0.3, -0.25) is 4.79 Å². The van der Waals surface area contributed by atoms with Crippen molar-refractivity contribution in [2.45, 2.75) is 50.3 Å². The molecule has 0 saturated heterocycles. The first-order chi connectivity index (χ1) is 14.2. The molecule has 30 heavy (non-hydrogen) atoms. The lowest BCUT2D eigenvalue weighted by Gasteiger charge is -2.61. The Morgan fingerprint density at radius 1 is 1.20 bits per heavy atom. The van der Waals surface area contributed by atoms with Crippen molar-refractivity contribution in [3.05, 3.63) is 58.3 Å². The molecule has 0 amide bonds. The first-order valence-electron chi connectivity index (χ1n) is 10.2. The van der Waals surface area contributed by atoms with Gasteiger partial charge >= 0.3 is 0 Å². The SMILES string of the molecule is Cn1ccc2c(C(=N[S@@](=O)C(C)(C)C)c3cn(C45CC(C4)C5)nn3)cccc2c1=O. The number of aryl methyl sites for hydroxylation is 1. The molecule has 6 rings (SSSR count). The zero-order valence-electron chi connectivity index (χ0n) is 17.6. The Morgan fingerprint density at radius 3 is 2.57 bits per heavy atom. The summed E-state index contributed by atoms with van der Waals surface area (Å²) in [5, 5.41) is 10.2. The smallest absolute Gasteiger partial charge is 0.258 e. The summed E-state index contributed by atoms with van der Waals surface area (Å²) in [6.07, 6.45) is 7.13. The highest BCUT2D eigenvalue weighted by atomic mass is 32.2. The molecule has 0 aliphatic heterocycles. The largest absolute Gasteiger partial charge is 0.318 e. The molecule has 2 heterocycles. The maximum Gasteiger partial charge on any atom is 0.258 e. The number of benzene rings is 1. The highest BCUT2D eigenvalue weighted by Crippen LogP contribution is 2.61. The number of rotatable bonds is 4. The number of hydrogen-bond donors (Lipinski definition) is 0. The molecule has 156 valence electrons. The van der Waals surface area contributed by atoms with Gasteiger partial charge < -0.3 is 4.57 Å². The van der Waals surface area contributed by atoms with E-state index >= 15 is 0 Å². The predicted octanol–water partition coefficient (Wildman–Crippen LogP) is 2.94. The van der Waals surface area contributed by atoms with Gasteiger partial charge in [0.15, 0.2) is 0 Å². The average Bonchev–Trinajstić information content (AvgIpc) is 3.08. The summed E-state index contributed by atoms with van der Waals surface area (Å²) in [4.78, 5) is 12.6. The van der Waals surface area contributed by atoms with E-state index in [1.165, 1.54) is 0 Å². The van der Waals surface area contributed by atoms with Crippen molar-refractivity contribution < 1.29 is 4.21 Å². The summed E-state index contributed by atoms with van der Waals surface area (Å²) in [6.45, 7) is 5.67. The minimum absolute atomic E-state index is 0.0804. The molecular weight excluding hydrogens is 398 g/mol. The molecule has 0 unspecified atom stereocenters.